The van der Waals surface area contributed by atoms with Crippen molar-refractivity contribution in [1.82, 2.24) is 14.3 Å². The quantitative estimate of drug-likeness (QED) is 0.586. The van der Waals surface area contributed by atoms with E-state index in [1.54, 1.807) is 4.31 Å². The van der Waals surface area contributed by atoms with Crippen LogP contribution in [0.4, 0.5) is 0 Å². The molecule has 5 nitrogen and oxygen atoms in total. The molecule has 6 heteroatoms. The summed E-state index contributed by atoms with van der Waals surface area (Å²) >= 11 is 0. The number of aryl methyl sites for hydroxylation is 1. The Bertz CT molecular complexity index is 1220. The molecule has 3 heterocycles. The molecule has 1 N–H and O–H groups in total. The first kappa shape index (κ1) is 20.7. The van der Waals surface area contributed by atoms with Gasteiger partial charge in [-0.3, -0.25) is 4.98 Å². The van der Waals surface area contributed by atoms with E-state index in [2.05, 4.69) is 54.1 Å². The van der Waals surface area contributed by atoms with Crippen molar-refractivity contribution in [2.24, 2.45) is 0 Å². The van der Waals surface area contributed by atoms with Gasteiger partial charge < -0.3 is 4.98 Å². The summed E-state index contributed by atoms with van der Waals surface area (Å²) in [5.41, 5.74) is 7.20. The van der Waals surface area contributed by atoms with Crippen LogP contribution in [0, 0.1) is 6.92 Å². The maximum atomic E-state index is 12.6. The molecule has 0 radical (unpaired) electrons. The van der Waals surface area contributed by atoms with E-state index in [0.717, 1.165) is 36.9 Å². The van der Waals surface area contributed by atoms with E-state index in [0.29, 0.717) is 24.9 Å². The number of nitrogens with one attached hydrogen (secondary N) is 1. The molecule has 0 spiro atoms. The Morgan fingerprint density at radius 2 is 1.81 bits per heavy atom. The lowest BCUT2D eigenvalue weighted by Crippen LogP contribution is -2.39. The third-order valence-electron chi connectivity index (χ3n) is 6.86. The smallest absolute Gasteiger partial charge is 0.216 e. The first-order valence-corrected chi connectivity index (χ1v) is 12.9. The fourth-order valence-corrected chi connectivity index (χ4v) is 6.91. The van der Waals surface area contributed by atoms with Crippen LogP contribution in [0.3, 0.4) is 0 Å². The second-order valence-corrected chi connectivity index (χ2v) is 11.7. The lowest BCUT2D eigenvalue weighted by atomic mass is 9.88. The monoisotopic (exact) mass is 437 g/mol. The van der Waals surface area contributed by atoms with Gasteiger partial charge in [0.25, 0.3) is 0 Å². The molecule has 1 aromatic carbocycles. The van der Waals surface area contributed by atoms with Crippen molar-refractivity contribution in [2.75, 3.05) is 13.1 Å². The largest absolute Gasteiger partial charge is 0.354 e. The van der Waals surface area contributed by atoms with Crippen LogP contribution in [0.2, 0.25) is 0 Å². The molecule has 2 fully saturated rings. The van der Waals surface area contributed by atoms with E-state index >= 15 is 0 Å². The number of pyridine rings is 1. The molecule has 5 rings (SSSR count). The van der Waals surface area contributed by atoms with Gasteiger partial charge in [-0.1, -0.05) is 19.9 Å². The predicted molar refractivity (Wildman–Crippen MR) is 126 cm³/mol. The molecule has 0 atom stereocenters. The molecule has 0 amide bonds. The zero-order valence-electron chi connectivity index (χ0n) is 18.6. The SMILES string of the molecule is Cc1cc(-c2[nH]c3ccc(C4CCN(S(=O)(=O)C5CC5)CC4)cc3c2C(C)C)ccn1. The second kappa shape index (κ2) is 7.75. The molecule has 1 saturated carbocycles. The highest BCUT2D eigenvalue weighted by molar-refractivity contribution is 7.90. The molecule has 0 unspecified atom stereocenters. The van der Waals surface area contributed by atoms with Crippen molar-refractivity contribution in [2.45, 2.75) is 63.5 Å². The summed E-state index contributed by atoms with van der Waals surface area (Å²) in [6.07, 6.45) is 5.34. The summed E-state index contributed by atoms with van der Waals surface area (Å²) in [5, 5.41) is 1.18. The molecule has 2 aromatic heterocycles. The molecule has 1 saturated heterocycles. The standard InChI is InChI=1S/C25H31N3O2S/c1-16(2)24-22-15-19(18-9-12-28(13-10-18)31(29,30)21-5-6-21)4-7-23(22)27-25(24)20-8-11-26-17(3)14-20/h4,7-8,11,14-16,18,21,27H,5-6,9-10,12-13H2,1-3H3. The van der Waals surface area contributed by atoms with Crippen LogP contribution in [0.1, 0.15) is 68.2 Å². The van der Waals surface area contributed by atoms with Crippen LogP contribution in [0.15, 0.2) is 36.5 Å². The van der Waals surface area contributed by atoms with Gasteiger partial charge in [0, 0.05) is 41.4 Å². The van der Waals surface area contributed by atoms with Crippen LogP contribution in [-0.2, 0) is 10.0 Å². The summed E-state index contributed by atoms with van der Waals surface area (Å²) in [6, 6.07) is 11.0. The van der Waals surface area contributed by atoms with Gasteiger partial charge in [-0.15, -0.1) is 0 Å². The number of nitrogens with zero attached hydrogens (tertiary/aromatic N) is 2. The summed E-state index contributed by atoms with van der Waals surface area (Å²) in [6.45, 7) is 7.80. The van der Waals surface area contributed by atoms with Gasteiger partial charge in [-0.05, 0) is 79.8 Å². The molecule has 164 valence electrons. The minimum absolute atomic E-state index is 0.107. The van der Waals surface area contributed by atoms with Gasteiger partial charge in [-0.2, -0.15) is 0 Å². The lowest BCUT2D eigenvalue weighted by Gasteiger charge is -2.31. The van der Waals surface area contributed by atoms with Crippen molar-refractivity contribution in [3.05, 3.63) is 53.3 Å². The topological polar surface area (TPSA) is 66.1 Å². The summed E-state index contributed by atoms with van der Waals surface area (Å²) in [7, 11) is -3.05. The Hall–Kier alpha value is -2.18. The minimum atomic E-state index is -3.05. The Morgan fingerprint density at radius 3 is 2.45 bits per heavy atom. The summed E-state index contributed by atoms with van der Waals surface area (Å²) in [5.74, 6) is 0.801. The van der Waals surface area contributed by atoms with Crippen molar-refractivity contribution in [1.29, 1.82) is 0 Å². The molecular weight excluding hydrogens is 406 g/mol. The van der Waals surface area contributed by atoms with Crippen molar-refractivity contribution in [3.63, 3.8) is 0 Å². The van der Waals surface area contributed by atoms with E-state index in [1.807, 2.05) is 13.1 Å². The number of rotatable bonds is 5. The molecule has 3 aromatic rings. The third kappa shape index (κ3) is 3.80. The fourth-order valence-electron chi connectivity index (χ4n) is 5.03. The van der Waals surface area contributed by atoms with Gasteiger partial charge >= 0.3 is 0 Å². The number of sulfonamides is 1. The van der Waals surface area contributed by atoms with Gasteiger partial charge in [0.15, 0.2) is 0 Å². The number of hydrogen-bond donors (Lipinski definition) is 1. The van der Waals surface area contributed by atoms with E-state index < -0.39 is 10.0 Å². The minimum Gasteiger partial charge on any atom is -0.354 e. The van der Waals surface area contributed by atoms with Gasteiger partial charge in [0.2, 0.25) is 10.0 Å². The van der Waals surface area contributed by atoms with Crippen LogP contribution in [0.5, 0.6) is 0 Å². The summed E-state index contributed by atoms with van der Waals surface area (Å²) in [4.78, 5) is 8.00. The average molecular weight is 438 g/mol. The maximum Gasteiger partial charge on any atom is 0.216 e. The molecule has 1 aliphatic carbocycles. The number of hydrogen-bond acceptors (Lipinski definition) is 3. The van der Waals surface area contributed by atoms with Crippen LogP contribution in [-0.4, -0.2) is 41.0 Å². The number of fused-ring (bicyclic) bond motifs is 1. The van der Waals surface area contributed by atoms with Crippen molar-refractivity contribution < 1.29 is 8.42 Å². The lowest BCUT2D eigenvalue weighted by molar-refractivity contribution is 0.319. The molecule has 31 heavy (non-hydrogen) atoms. The Kier molecular flexibility index (Phi) is 5.18. The number of aromatic amines is 1. The van der Waals surface area contributed by atoms with Crippen molar-refractivity contribution in [3.8, 4) is 11.3 Å². The number of H-pyrrole nitrogens is 1. The van der Waals surface area contributed by atoms with Crippen LogP contribution < -0.4 is 0 Å². The highest BCUT2D eigenvalue weighted by atomic mass is 32.2. The maximum absolute atomic E-state index is 12.6. The number of benzene rings is 1. The van der Waals surface area contributed by atoms with E-state index in [1.165, 1.54) is 27.8 Å². The Labute approximate surface area is 184 Å². The average Bonchev–Trinajstić information content (AvgIpc) is 3.54. The summed E-state index contributed by atoms with van der Waals surface area (Å²) < 4.78 is 26.9. The van der Waals surface area contributed by atoms with Gasteiger partial charge in [0.05, 0.1) is 10.9 Å². The van der Waals surface area contributed by atoms with E-state index in [4.69, 9.17) is 0 Å². The zero-order valence-corrected chi connectivity index (χ0v) is 19.4. The molecule has 1 aliphatic heterocycles. The Balaban J connectivity index is 1.46. The van der Waals surface area contributed by atoms with Crippen LogP contribution >= 0.6 is 0 Å². The molecule has 2 aliphatic rings. The molecular formula is C25H31N3O2S. The first-order valence-electron chi connectivity index (χ1n) is 11.4. The Morgan fingerprint density at radius 1 is 1.06 bits per heavy atom. The predicted octanol–water partition coefficient (Wildman–Crippen LogP) is 5.33. The van der Waals surface area contributed by atoms with Crippen molar-refractivity contribution >= 4 is 20.9 Å². The normalized spacial score (nSPS) is 18.8. The van der Waals surface area contributed by atoms with Gasteiger partial charge in [0.1, 0.15) is 0 Å². The van der Waals surface area contributed by atoms with Crippen LogP contribution in [0.25, 0.3) is 22.2 Å². The second-order valence-electron chi connectivity index (χ2n) is 9.48. The van der Waals surface area contributed by atoms with E-state index in [9.17, 15) is 8.42 Å². The number of piperidine rings is 1. The third-order valence-corrected chi connectivity index (χ3v) is 9.26. The molecule has 0 bridgehead atoms. The van der Waals surface area contributed by atoms with E-state index in [-0.39, 0.29) is 5.25 Å². The van der Waals surface area contributed by atoms with Gasteiger partial charge in [-0.25, -0.2) is 12.7 Å². The highest BCUT2D eigenvalue weighted by Gasteiger charge is 2.41. The number of aromatic nitrogens is 2. The zero-order chi connectivity index (χ0) is 21.8. The fraction of sp³-hybridized carbons (Fsp3) is 0.480. The highest BCUT2D eigenvalue weighted by Crippen LogP contribution is 2.39. The first-order chi connectivity index (χ1) is 14.8.